The third-order valence-corrected chi connectivity index (χ3v) is 6.31. The van der Waals surface area contributed by atoms with Crippen molar-refractivity contribution >= 4 is 17.7 Å². The topological polar surface area (TPSA) is 66.5 Å². The Morgan fingerprint density at radius 2 is 1.88 bits per heavy atom. The molecule has 5 nitrogen and oxygen atoms in total. The molecule has 4 rings (SSSR count). The Morgan fingerprint density at radius 3 is 2.69 bits per heavy atom. The highest BCUT2D eigenvalue weighted by Gasteiger charge is 2.51. The number of nitrogens with one attached hydrogen (secondary N) is 1. The highest BCUT2D eigenvalue weighted by atomic mass is 16.2. The summed E-state index contributed by atoms with van der Waals surface area (Å²) >= 11 is 0. The number of nitrogens with zero attached hydrogens (tertiary/aromatic N) is 1. The maximum absolute atomic E-state index is 12.8. The van der Waals surface area contributed by atoms with Crippen molar-refractivity contribution in [2.24, 2.45) is 5.41 Å². The summed E-state index contributed by atoms with van der Waals surface area (Å²) in [4.78, 5) is 39.0. The lowest BCUT2D eigenvalue weighted by Crippen LogP contribution is -2.44. The summed E-state index contributed by atoms with van der Waals surface area (Å²) in [6, 6.07) is 8.15. The number of hydrogen-bond donors (Lipinski definition) is 1. The van der Waals surface area contributed by atoms with Crippen molar-refractivity contribution in [2.45, 2.75) is 63.8 Å². The zero-order chi connectivity index (χ0) is 18.1. The van der Waals surface area contributed by atoms with Gasteiger partial charge in [-0.05, 0) is 43.2 Å². The Hall–Kier alpha value is -2.17. The summed E-state index contributed by atoms with van der Waals surface area (Å²) in [5.41, 5.74) is 1.92. The van der Waals surface area contributed by atoms with Gasteiger partial charge in [-0.1, -0.05) is 43.5 Å². The zero-order valence-electron chi connectivity index (χ0n) is 15.1. The molecular weight excluding hydrogens is 328 g/mol. The first kappa shape index (κ1) is 17.3. The summed E-state index contributed by atoms with van der Waals surface area (Å²) in [6.07, 6.45) is 7.94. The molecule has 2 aliphatic carbocycles. The van der Waals surface area contributed by atoms with Crippen molar-refractivity contribution in [1.29, 1.82) is 0 Å². The van der Waals surface area contributed by atoms with E-state index in [1.54, 1.807) is 0 Å². The van der Waals surface area contributed by atoms with Crippen LogP contribution in [0.15, 0.2) is 24.3 Å². The normalized spacial score (nSPS) is 24.6. The first-order chi connectivity index (χ1) is 12.6. The first-order valence-electron chi connectivity index (χ1n) is 9.81. The largest absolute Gasteiger partial charge is 0.348 e. The van der Waals surface area contributed by atoms with Gasteiger partial charge in [0.2, 0.25) is 17.7 Å². The van der Waals surface area contributed by atoms with Crippen molar-refractivity contribution < 1.29 is 14.4 Å². The van der Waals surface area contributed by atoms with E-state index in [2.05, 4.69) is 17.4 Å². The minimum absolute atomic E-state index is 0.0242. The average molecular weight is 354 g/mol. The van der Waals surface area contributed by atoms with Crippen LogP contribution >= 0.6 is 0 Å². The van der Waals surface area contributed by atoms with Gasteiger partial charge in [-0.15, -0.1) is 0 Å². The van der Waals surface area contributed by atoms with E-state index >= 15 is 0 Å². The number of carbonyl (C=O) groups is 3. The molecule has 1 atom stereocenters. The number of carbonyl (C=O) groups excluding carboxylic acids is 3. The van der Waals surface area contributed by atoms with E-state index in [4.69, 9.17) is 0 Å². The molecule has 0 unspecified atom stereocenters. The van der Waals surface area contributed by atoms with Crippen LogP contribution in [0.2, 0.25) is 0 Å². The molecule has 1 aliphatic heterocycles. The molecule has 3 aliphatic rings. The SMILES string of the molecule is O=C(CN1C(=O)CC2(CCCCC2)C1=O)N[C@H]1CCCc2ccccc21. The minimum Gasteiger partial charge on any atom is -0.348 e. The second-order valence-electron chi connectivity index (χ2n) is 8.01. The number of fused-ring (bicyclic) bond motifs is 1. The van der Waals surface area contributed by atoms with E-state index in [9.17, 15) is 14.4 Å². The van der Waals surface area contributed by atoms with Crippen LogP contribution in [0.25, 0.3) is 0 Å². The number of aryl methyl sites for hydroxylation is 1. The van der Waals surface area contributed by atoms with Crippen molar-refractivity contribution in [3.05, 3.63) is 35.4 Å². The molecule has 138 valence electrons. The molecule has 0 bridgehead atoms. The van der Waals surface area contributed by atoms with Crippen molar-refractivity contribution in [2.75, 3.05) is 6.54 Å². The predicted molar refractivity (Wildman–Crippen MR) is 97.1 cm³/mol. The maximum atomic E-state index is 12.8. The molecule has 5 heteroatoms. The minimum atomic E-state index is -0.521. The van der Waals surface area contributed by atoms with Crippen LogP contribution in [0.3, 0.4) is 0 Å². The lowest BCUT2D eigenvalue weighted by atomic mass is 9.73. The average Bonchev–Trinajstić information content (AvgIpc) is 2.87. The van der Waals surface area contributed by atoms with Gasteiger partial charge in [-0.2, -0.15) is 0 Å². The third-order valence-electron chi connectivity index (χ3n) is 6.31. The van der Waals surface area contributed by atoms with E-state index in [-0.39, 0.29) is 36.7 Å². The van der Waals surface area contributed by atoms with Crippen LogP contribution in [0, 0.1) is 5.41 Å². The fraction of sp³-hybridized carbons (Fsp3) is 0.571. The summed E-state index contributed by atoms with van der Waals surface area (Å²) in [5.74, 6) is -0.543. The van der Waals surface area contributed by atoms with Crippen LogP contribution in [-0.2, 0) is 20.8 Å². The van der Waals surface area contributed by atoms with E-state index < -0.39 is 5.41 Å². The summed E-state index contributed by atoms with van der Waals surface area (Å²) in [7, 11) is 0. The third kappa shape index (κ3) is 3.04. The van der Waals surface area contributed by atoms with Crippen molar-refractivity contribution in [3.8, 4) is 0 Å². The second kappa shape index (κ2) is 6.86. The quantitative estimate of drug-likeness (QED) is 0.849. The van der Waals surface area contributed by atoms with Crippen molar-refractivity contribution in [3.63, 3.8) is 0 Å². The Balaban J connectivity index is 1.43. The highest BCUT2D eigenvalue weighted by Crippen LogP contribution is 2.45. The van der Waals surface area contributed by atoms with E-state index in [1.807, 2.05) is 12.1 Å². The van der Waals surface area contributed by atoms with E-state index in [1.165, 1.54) is 10.5 Å². The molecule has 0 aromatic heterocycles. The molecule has 1 aromatic carbocycles. The molecule has 2 fully saturated rings. The van der Waals surface area contributed by atoms with Gasteiger partial charge in [-0.3, -0.25) is 19.3 Å². The van der Waals surface area contributed by atoms with Crippen LogP contribution in [0.5, 0.6) is 0 Å². The number of likely N-dealkylation sites (tertiary alicyclic amines) is 1. The lowest BCUT2D eigenvalue weighted by Gasteiger charge is -2.30. The number of amides is 3. The smallest absolute Gasteiger partial charge is 0.240 e. The highest BCUT2D eigenvalue weighted by molar-refractivity contribution is 6.08. The van der Waals surface area contributed by atoms with E-state index in [0.29, 0.717) is 0 Å². The van der Waals surface area contributed by atoms with Gasteiger partial charge in [0, 0.05) is 6.42 Å². The Bertz CT molecular complexity index is 737. The fourth-order valence-corrected chi connectivity index (χ4v) is 4.93. The van der Waals surface area contributed by atoms with Gasteiger partial charge in [0.05, 0.1) is 11.5 Å². The molecule has 1 heterocycles. The van der Waals surface area contributed by atoms with Crippen LogP contribution in [0.4, 0.5) is 0 Å². The van der Waals surface area contributed by atoms with Gasteiger partial charge < -0.3 is 5.32 Å². The molecule has 1 aromatic rings. The van der Waals surface area contributed by atoms with Crippen LogP contribution < -0.4 is 5.32 Å². The van der Waals surface area contributed by atoms with Crippen LogP contribution in [0.1, 0.15) is 68.5 Å². The maximum Gasteiger partial charge on any atom is 0.240 e. The first-order valence-corrected chi connectivity index (χ1v) is 9.81. The lowest BCUT2D eigenvalue weighted by molar-refractivity contribution is -0.145. The monoisotopic (exact) mass is 354 g/mol. The van der Waals surface area contributed by atoms with Gasteiger partial charge >= 0.3 is 0 Å². The molecule has 1 N–H and O–H groups in total. The number of rotatable bonds is 3. The Morgan fingerprint density at radius 1 is 1.12 bits per heavy atom. The summed E-state index contributed by atoms with van der Waals surface area (Å²) < 4.78 is 0. The van der Waals surface area contributed by atoms with Gasteiger partial charge in [0.1, 0.15) is 6.54 Å². The number of imide groups is 1. The second-order valence-corrected chi connectivity index (χ2v) is 8.01. The number of benzene rings is 1. The molecule has 1 saturated heterocycles. The van der Waals surface area contributed by atoms with E-state index in [0.717, 1.165) is 56.9 Å². The standard InChI is InChI=1S/C21H26N2O3/c24-18(22-17-10-6-8-15-7-2-3-9-16(15)17)14-23-19(25)13-21(20(23)26)11-4-1-5-12-21/h2-3,7,9,17H,1,4-6,8,10-14H2,(H,22,24)/t17-/m0/s1. The van der Waals surface area contributed by atoms with Gasteiger partial charge in [-0.25, -0.2) is 0 Å². The fourth-order valence-electron chi connectivity index (χ4n) is 4.93. The molecule has 0 radical (unpaired) electrons. The van der Waals surface area contributed by atoms with Gasteiger partial charge in [0.15, 0.2) is 0 Å². The van der Waals surface area contributed by atoms with Crippen molar-refractivity contribution in [1.82, 2.24) is 10.2 Å². The summed E-state index contributed by atoms with van der Waals surface area (Å²) in [5, 5.41) is 3.05. The predicted octanol–water partition coefficient (Wildman–Crippen LogP) is 2.89. The number of hydrogen-bond acceptors (Lipinski definition) is 3. The Kier molecular flexibility index (Phi) is 4.55. The molecule has 1 spiro atoms. The van der Waals surface area contributed by atoms with Gasteiger partial charge in [0.25, 0.3) is 0 Å². The van der Waals surface area contributed by atoms with Crippen LogP contribution in [-0.4, -0.2) is 29.2 Å². The summed E-state index contributed by atoms with van der Waals surface area (Å²) in [6.45, 7) is -0.141. The molecular formula is C21H26N2O3. The Labute approximate surface area is 154 Å². The molecule has 1 saturated carbocycles. The molecule has 26 heavy (non-hydrogen) atoms. The molecule has 3 amide bonds. The zero-order valence-corrected chi connectivity index (χ0v) is 15.1.